The van der Waals surface area contributed by atoms with E-state index >= 15 is 0 Å². The van der Waals surface area contributed by atoms with E-state index in [-0.39, 0.29) is 0 Å². The van der Waals surface area contributed by atoms with E-state index in [9.17, 15) is 0 Å². The maximum atomic E-state index is 5.75. The minimum absolute atomic E-state index is 0.417. The van der Waals surface area contributed by atoms with E-state index in [1.165, 1.54) is 36.4 Å². The molecule has 1 N–H and O–H groups in total. The molecule has 96 valence electrons. The van der Waals surface area contributed by atoms with Crippen LogP contribution in [0.5, 0.6) is 0 Å². The highest BCUT2D eigenvalue weighted by Crippen LogP contribution is 2.20. The fourth-order valence-corrected chi connectivity index (χ4v) is 3.06. The Kier molecular flexibility index (Phi) is 5.42. The average Bonchev–Trinajstić information content (AvgIpc) is 2.79. The monoisotopic (exact) mass is 254 g/mol. The summed E-state index contributed by atoms with van der Waals surface area (Å²) in [6.45, 7) is 2.00. The van der Waals surface area contributed by atoms with Crippen LogP contribution in [-0.2, 0) is 17.6 Å². The Morgan fingerprint density at radius 2 is 2.47 bits per heavy atom. The van der Waals surface area contributed by atoms with E-state index in [1.54, 1.807) is 11.3 Å². The number of hydrogen-bond donors (Lipinski definition) is 1. The Morgan fingerprint density at radius 3 is 3.24 bits per heavy atom. The van der Waals surface area contributed by atoms with Gasteiger partial charge in [-0.3, -0.25) is 0 Å². The minimum Gasteiger partial charge on any atom is -0.378 e. The highest BCUT2D eigenvalue weighted by molar-refractivity contribution is 7.09. The van der Waals surface area contributed by atoms with Crippen molar-refractivity contribution in [3.05, 3.63) is 16.1 Å². The smallest absolute Gasteiger partial charge is 0.0954 e. The summed E-state index contributed by atoms with van der Waals surface area (Å²) in [4.78, 5) is 4.69. The fraction of sp³-hybridized carbons (Fsp3) is 0.769. The summed E-state index contributed by atoms with van der Waals surface area (Å²) in [7, 11) is 1.99. The van der Waals surface area contributed by atoms with Crippen LogP contribution in [0.4, 0.5) is 0 Å². The molecule has 0 amide bonds. The van der Waals surface area contributed by atoms with Gasteiger partial charge in [0.25, 0.3) is 0 Å². The van der Waals surface area contributed by atoms with Crippen LogP contribution in [0.2, 0.25) is 0 Å². The van der Waals surface area contributed by atoms with Gasteiger partial charge in [0, 0.05) is 18.4 Å². The Labute approximate surface area is 108 Å². The van der Waals surface area contributed by atoms with Crippen LogP contribution in [0.25, 0.3) is 0 Å². The summed E-state index contributed by atoms with van der Waals surface area (Å²) in [5.41, 5.74) is 1.25. The molecule has 1 unspecified atom stereocenters. The second-order valence-electron chi connectivity index (χ2n) is 4.63. The molecule has 1 aromatic rings. The first kappa shape index (κ1) is 13.0. The summed E-state index contributed by atoms with van der Waals surface area (Å²) in [6.07, 6.45) is 7.42. The average molecular weight is 254 g/mol. The van der Waals surface area contributed by atoms with Crippen molar-refractivity contribution in [3.8, 4) is 0 Å². The van der Waals surface area contributed by atoms with E-state index in [0.29, 0.717) is 6.10 Å². The Hall–Kier alpha value is -0.450. The largest absolute Gasteiger partial charge is 0.378 e. The predicted molar refractivity (Wildman–Crippen MR) is 71.7 cm³/mol. The van der Waals surface area contributed by atoms with Gasteiger partial charge in [0.05, 0.1) is 16.8 Å². The van der Waals surface area contributed by atoms with Gasteiger partial charge in [-0.15, -0.1) is 11.3 Å². The number of thiazole rings is 1. The van der Waals surface area contributed by atoms with Crippen LogP contribution in [0.15, 0.2) is 5.38 Å². The standard InChI is InChI=1S/C13H22N2OS/c1-14-7-4-5-11-10-17-13(15-11)9-12-6-2-3-8-16-12/h10,12,14H,2-9H2,1H3. The van der Waals surface area contributed by atoms with Crippen LogP contribution in [0.1, 0.15) is 36.4 Å². The molecule has 0 radical (unpaired) electrons. The number of aromatic nitrogens is 1. The molecule has 0 aliphatic carbocycles. The second kappa shape index (κ2) is 7.09. The summed E-state index contributed by atoms with van der Waals surface area (Å²) in [6, 6.07) is 0. The fourth-order valence-electron chi connectivity index (χ4n) is 2.17. The van der Waals surface area contributed by atoms with Crippen molar-refractivity contribution in [1.29, 1.82) is 0 Å². The van der Waals surface area contributed by atoms with Crippen LogP contribution in [0.3, 0.4) is 0 Å². The number of rotatable bonds is 6. The molecule has 3 nitrogen and oxygen atoms in total. The highest BCUT2D eigenvalue weighted by atomic mass is 32.1. The molecule has 1 atom stereocenters. The number of nitrogens with one attached hydrogen (secondary N) is 1. The topological polar surface area (TPSA) is 34.1 Å². The zero-order valence-corrected chi connectivity index (χ0v) is 11.4. The van der Waals surface area contributed by atoms with E-state index in [0.717, 1.165) is 26.0 Å². The van der Waals surface area contributed by atoms with Gasteiger partial charge in [0.15, 0.2) is 0 Å². The van der Waals surface area contributed by atoms with Gasteiger partial charge < -0.3 is 10.1 Å². The first-order valence-electron chi connectivity index (χ1n) is 6.58. The van der Waals surface area contributed by atoms with Crippen LogP contribution in [-0.4, -0.2) is 31.3 Å². The van der Waals surface area contributed by atoms with Crippen molar-refractivity contribution in [2.75, 3.05) is 20.2 Å². The van der Waals surface area contributed by atoms with Crippen molar-refractivity contribution in [2.24, 2.45) is 0 Å². The molecule has 1 aliphatic heterocycles. The zero-order valence-electron chi connectivity index (χ0n) is 10.6. The second-order valence-corrected chi connectivity index (χ2v) is 5.58. The molecule has 1 aliphatic rings. The number of ether oxygens (including phenoxy) is 1. The molecule has 17 heavy (non-hydrogen) atoms. The van der Waals surface area contributed by atoms with Gasteiger partial charge in [-0.1, -0.05) is 0 Å². The first-order chi connectivity index (χ1) is 8.38. The number of aryl methyl sites for hydroxylation is 1. The molecular weight excluding hydrogens is 232 g/mol. The summed E-state index contributed by atoms with van der Waals surface area (Å²) in [5, 5.41) is 6.61. The molecule has 1 fully saturated rings. The molecule has 4 heteroatoms. The minimum atomic E-state index is 0.417. The first-order valence-corrected chi connectivity index (χ1v) is 7.46. The van der Waals surface area contributed by atoms with E-state index < -0.39 is 0 Å². The summed E-state index contributed by atoms with van der Waals surface area (Å²) >= 11 is 1.79. The Morgan fingerprint density at radius 1 is 1.53 bits per heavy atom. The lowest BCUT2D eigenvalue weighted by molar-refractivity contribution is 0.0167. The van der Waals surface area contributed by atoms with Gasteiger partial charge in [-0.05, 0) is 45.7 Å². The van der Waals surface area contributed by atoms with E-state index in [2.05, 4.69) is 15.7 Å². The quantitative estimate of drug-likeness (QED) is 0.792. The molecule has 1 saturated heterocycles. The zero-order chi connectivity index (χ0) is 11.9. The van der Waals surface area contributed by atoms with Crippen LogP contribution in [0, 0.1) is 0 Å². The molecule has 0 bridgehead atoms. The van der Waals surface area contributed by atoms with Crippen molar-refractivity contribution >= 4 is 11.3 Å². The normalized spacial score (nSPS) is 20.6. The molecule has 0 saturated carbocycles. The number of nitrogens with zero attached hydrogens (tertiary/aromatic N) is 1. The third-order valence-corrected chi connectivity index (χ3v) is 4.06. The summed E-state index contributed by atoms with van der Waals surface area (Å²) < 4.78 is 5.75. The lowest BCUT2D eigenvalue weighted by Crippen LogP contribution is -2.21. The third-order valence-electron chi connectivity index (χ3n) is 3.14. The maximum Gasteiger partial charge on any atom is 0.0954 e. The highest BCUT2D eigenvalue weighted by Gasteiger charge is 2.16. The van der Waals surface area contributed by atoms with E-state index in [1.807, 2.05) is 7.05 Å². The third kappa shape index (κ3) is 4.37. The van der Waals surface area contributed by atoms with Crippen molar-refractivity contribution < 1.29 is 4.74 Å². The lowest BCUT2D eigenvalue weighted by Gasteiger charge is -2.21. The summed E-state index contributed by atoms with van der Waals surface area (Å²) in [5.74, 6) is 0. The molecule has 0 aromatic carbocycles. The van der Waals surface area contributed by atoms with Crippen LogP contribution >= 0.6 is 11.3 Å². The molecular formula is C13H22N2OS. The molecule has 0 spiro atoms. The SMILES string of the molecule is CNCCCc1csc(CC2CCCCO2)n1. The Balaban J connectivity index is 1.76. The number of hydrogen-bond acceptors (Lipinski definition) is 4. The predicted octanol–water partition coefficient (Wildman–Crippen LogP) is 2.41. The van der Waals surface area contributed by atoms with Gasteiger partial charge in [0.1, 0.15) is 0 Å². The van der Waals surface area contributed by atoms with Crippen molar-refractivity contribution in [3.63, 3.8) is 0 Å². The molecule has 1 aromatic heterocycles. The van der Waals surface area contributed by atoms with Gasteiger partial charge in [0.2, 0.25) is 0 Å². The van der Waals surface area contributed by atoms with Crippen molar-refractivity contribution in [2.45, 2.75) is 44.6 Å². The van der Waals surface area contributed by atoms with Gasteiger partial charge >= 0.3 is 0 Å². The van der Waals surface area contributed by atoms with Gasteiger partial charge in [-0.2, -0.15) is 0 Å². The lowest BCUT2D eigenvalue weighted by atomic mass is 10.1. The maximum absolute atomic E-state index is 5.75. The Bertz CT molecular complexity index is 321. The van der Waals surface area contributed by atoms with Crippen molar-refractivity contribution in [1.82, 2.24) is 10.3 Å². The molecule has 2 rings (SSSR count). The van der Waals surface area contributed by atoms with Gasteiger partial charge in [-0.25, -0.2) is 4.98 Å². The van der Waals surface area contributed by atoms with E-state index in [4.69, 9.17) is 4.74 Å². The van der Waals surface area contributed by atoms with Crippen LogP contribution < -0.4 is 5.32 Å². The molecule has 2 heterocycles.